The van der Waals surface area contributed by atoms with Crippen LogP contribution in [0.3, 0.4) is 0 Å². The summed E-state index contributed by atoms with van der Waals surface area (Å²) in [7, 11) is -2.76. The zero-order valence-corrected chi connectivity index (χ0v) is 30.5. The first-order valence-electron chi connectivity index (χ1n) is 18.1. The van der Waals surface area contributed by atoms with Crippen LogP contribution in [0.25, 0.3) is 31.3 Å². The lowest BCUT2D eigenvalue weighted by molar-refractivity contribution is 0.465. The van der Waals surface area contributed by atoms with Crippen LogP contribution >= 0.6 is 11.3 Å². The quantitative estimate of drug-likeness (QED) is 0.134. The molecule has 0 bridgehead atoms. The maximum absolute atomic E-state index is 6.72. The predicted octanol–water partition coefficient (Wildman–Crippen LogP) is 7.83. The second kappa shape index (κ2) is 12.0. The van der Waals surface area contributed by atoms with Gasteiger partial charge in [0, 0.05) is 25.6 Å². The van der Waals surface area contributed by atoms with E-state index in [4.69, 9.17) is 9.47 Å². The van der Waals surface area contributed by atoms with Gasteiger partial charge >= 0.3 is 0 Å². The first kappa shape index (κ1) is 30.5. The normalized spacial score (nSPS) is 12.8. The summed E-state index contributed by atoms with van der Waals surface area (Å²) < 4.78 is 16.1. The number of rotatable bonds is 5. The van der Waals surface area contributed by atoms with E-state index in [1.807, 2.05) is 11.3 Å². The molecule has 5 heteroatoms. The van der Waals surface area contributed by atoms with Crippen LogP contribution in [-0.2, 0) is 0 Å². The number of hydrogen-bond acceptors (Lipinski definition) is 3. The summed E-state index contributed by atoms with van der Waals surface area (Å²) in [5, 5.41) is 8.08. The molecule has 0 N–H and O–H groups in total. The summed E-state index contributed by atoms with van der Waals surface area (Å²) >= 11 is 1.91. The van der Waals surface area contributed by atoms with Gasteiger partial charge in [-0.2, -0.15) is 0 Å². The van der Waals surface area contributed by atoms with Gasteiger partial charge in [-0.05, 0) is 73.1 Å². The molecule has 11 rings (SSSR count). The lowest BCUT2D eigenvalue weighted by Crippen LogP contribution is -2.74. The molecule has 248 valence electrons. The molecular formula is C48H31BO2SSi. The molecule has 2 aliphatic heterocycles. The zero-order valence-electron chi connectivity index (χ0n) is 28.7. The smallest absolute Gasteiger partial charge is 0.260 e. The number of thiophene rings is 1. The monoisotopic (exact) mass is 710 g/mol. The van der Waals surface area contributed by atoms with Crippen molar-refractivity contribution in [2.45, 2.75) is 0 Å². The fraction of sp³-hybridized carbons (Fsp3) is 0. The van der Waals surface area contributed by atoms with Crippen molar-refractivity contribution in [2.24, 2.45) is 0 Å². The highest BCUT2D eigenvalue weighted by Gasteiger charge is 2.43. The fourth-order valence-corrected chi connectivity index (χ4v) is 15.6. The minimum atomic E-state index is -2.76. The van der Waals surface area contributed by atoms with Crippen LogP contribution in [0.15, 0.2) is 188 Å². The van der Waals surface area contributed by atoms with Gasteiger partial charge in [0.2, 0.25) is 0 Å². The number of ether oxygens (including phenoxy) is 2. The van der Waals surface area contributed by atoms with Gasteiger partial charge < -0.3 is 9.47 Å². The van der Waals surface area contributed by atoms with E-state index in [0.29, 0.717) is 0 Å². The lowest BCUT2D eigenvalue weighted by Gasteiger charge is -2.34. The molecule has 53 heavy (non-hydrogen) atoms. The van der Waals surface area contributed by atoms with E-state index in [2.05, 4.69) is 188 Å². The Morgan fingerprint density at radius 3 is 1.53 bits per heavy atom. The molecular weight excluding hydrogens is 679 g/mol. The lowest BCUT2D eigenvalue weighted by atomic mass is 9.35. The van der Waals surface area contributed by atoms with Crippen LogP contribution in [0.1, 0.15) is 0 Å². The van der Waals surface area contributed by atoms with Gasteiger partial charge in [-0.25, -0.2) is 0 Å². The Bertz CT molecular complexity index is 2690. The van der Waals surface area contributed by atoms with Crippen molar-refractivity contribution in [1.29, 1.82) is 0 Å². The summed E-state index contributed by atoms with van der Waals surface area (Å²) in [4.78, 5) is 0. The summed E-state index contributed by atoms with van der Waals surface area (Å²) in [6.45, 7) is 0.0521. The van der Waals surface area contributed by atoms with E-state index in [0.717, 1.165) is 34.0 Å². The highest BCUT2D eigenvalue weighted by Crippen LogP contribution is 2.43. The summed E-state index contributed by atoms with van der Waals surface area (Å²) in [6, 6.07) is 68.6. The third-order valence-corrected chi connectivity index (χ3v) is 17.4. The molecule has 0 saturated heterocycles. The van der Waals surface area contributed by atoms with Crippen LogP contribution in [0.5, 0.6) is 23.0 Å². The van der Waals surface area contributed by atoms with Gasteiger partial charge in [-0.3, -0.25) is 0 Å². The Labute approximate surface area is 313 Å². The van der Waals surface area contributed by atoms with Crippen LogP contribution in [-0.4, -0.2) is 14.8 Å². The van der Waals surface area contributed by atoms with Crippen molar-refractivity contribution in [3.63, 3.8) is 0 Å². The molecule has 0 aliphatic carbocycles. The number of fused-ring (bicyclic) bond motifs is 7. The van der Waals surface area contributed by atoms with E-state index in [-0.39, 0.29) is 6.71 Å². The van der Waals surface area contributed by atoms with Crippen molar-refractivity contribution in [2.75, 3.05) is 0 Å². The molecule has 2 aliphatic rings. The van der Waals surface area contributed by atoms with E-state index >= 15 is 0 Å². The third-order valence-electron chi connectivity index (χ3n) is 11.2. The number of para-hydroxylation sites is 2. The first-order valence-corrected chi connectivity index (χ1v) is 20.9. The van der Waals surface area contributed by atoms with E-state index in [9.17, 15) is 0 Å². The fourth-order valence-electron chi connectivity index (χ4n) is 8.96. The van der Waals surface area contributed by atoms with Gasteiger partial charge in [0.1, 0.15) is 23.0 Å². The topological polar surface area (TPSA) is 18.5 Å². The molecule has 0 atom stereocenters. The molecule has 0 radical (unpaired) electrons. The van der Waals surface area contributed by atoms with Gasteiger partial charge in [-0.1, -0.05) is 158 Å². The van der Waals surface area contributed by atoms with Crippen molar-refractivity contribution in [3.05, 3.63) is 188 Å². The number of benzene rings is 8. The van der Waals surface area contributed by atoms with Crippen molar-refractivity contribution >= 4 is 83.4 Å². The summed E-state index contributed by atoms with van der Waals surface area (Å²) in [6.07, 6.45) is 0. The van der Waals surface area contributed by atoms with E-state index in [1.54, 1.807) is 0 Å². The highest BCUT2D eigenvalue weighted by molar-refractivity contribution is 7.30. The first-order chi connectivity index (χ1) is 26.3. The van der Waals surface area contributed by atoms with Crippen molar-refractivity contribution in [3.8, 4) is 34.1 Å². The van der Waals surface area contributed by atoms with Crippen LogP contribution in [0.2, 0.25) is 0 Å². The Morgan fingerprint density at radius 2 is 0.962 bits per heavy atom. The van der Waals surface area contributed by atoms with Gasteiger partial charge in [0.05, 0.1) is 0 Å². The summed E-state index contributed by atoms with van der Waals surface area (Å²) in [5.41, 5.74) is 5.71. The Balaban J connectivity index is 1.17. The SMILES string of the molecule is c1ccc([Si](c2ccccc2)(c2ccccc2)c2cccc3c2sc2cccc(-c4cc5c6c(c4)Oc4ccccc4B6c4ccccc4O5)c23)cc1. The van der Waals surface area contributed by atoms with Crippen molar-refractivity contribution < 1.29 is 9.47 Å². The second-order valence-corrected chi connectivity index (χ2v) is 18.7. The molecule has 2 nitrogen and oxygen atoms in total. The van der Waals surface area contributed by atoms with Crippen molar-refractivity contribution in [1.82, 2.24) is 0 Å². The minimum Gasteiger partial charge on any atom is -0.458 e. The maximum Gasteiger partial charge on any atom is 0.260 e. The molecule has 0 fully saturated rings. The van der Waals surface area contributed by atoms with E-state index in [1.165, 1.54) is 57.4 Å². The maximum atomic E-state index is 6.72. The Hall–Kier alpha value is -6.14. The average Bonchev–Trinajstić information content (AvgIpc) is 3.62. The Kier molecular flexibility index (Phi) is 6.88. The molecule has 0 amide bonds. The molecule has 0 unspecified atom stereocenters. The molecule has 1 aromatic heterocycles. The van der Waals surface area contributed by atoms with Gasteiger partial charge in [0.15, 0.2) is 8.07 Å². The highest BCUT2D eigenvalue weighted by atomic mass is 32.1. The largest absolute Gasteiger partial charge is 0.458 e. The number of hydrogen-bond donors (Lipinski definition) is 0. The molecule has 9 aromatic rings. The van der Waals surface area contributed by atoms with Crippen LogP contribution in [0, 0.1) is 0 Å². The zero-order chi connectivity index (χ0) is 34.9. The predicted molar refractivity (Wildman–Crippen MR) is 226 cm³/mol. The minimum absolute atomic E-state index is 0.0521. The average molecular weight is 711 g/mol. The van der Waals surface area contributed by atoms with Crippen LogP contribution in [0.4, 0.5) is 0 Å². The Morgan fingerprint density at radius 1 is 0.453 bits per heavy atom. The van der Waals surface area contributed by atoms with Crippen LogP contribution < -0.4 is 46.6 Å². The molecule has 0 saturated carbocycles. The van der Waals surface area contributed by atoms with Gasteiger partial charge in [-0.15, -0.1) is 11.3 Å². The van der Waals surface area contributed by atoms with Gasteiger partial charge in [0.25, 0.3) is 6.71 Å². The molecule has 3 heterocycles. The third kappa shape index (κ3) is 4.51. The molecule has 0 spiro atoms. The second-order valence-electron chi connectivity index (χ2n) is 13.9. The van der Waals surface area contributed by atoms with E-state index < -0.39 is 8.07 Å². The molecule has 8 aromatic carbocycles. The summed E-state index contributed by atoms with van der Waals surface area (Å²) in [5.74, 6) is 3.52. The standard InChI is InChI=1S/C48H31BO2SSi/c1-4-16-33(17-5-1)53(34-18-6-2-7-19-34,35-20-8-3-9-21-35)45-29-15-23-37-46-36(22-14-28-44(46)52-48(37)45)32-30-42-47-43(31-32)51-41-27-13-11-25-39(41)49(47)38-24-10-12-26-40(38)50-42/h1-31H.